The maximum absolute atomic E-state index is 11.8. The number of amides is 1. The zero-order chi connectivity index (χ0) is 14.8. The summed E-state index contributed by atoms with van der Waals surface area (Å²) in [6.45, 7) is 1.17. The Hall–Kier alpha value is -1.91. The predicted octanol–water partition coefficient (Wildman–Crippen LogP) is 1.69. The third-order valence-corrected chi connectivity index (χ3v) is 4.14. The second-order valence-electron chi connectivity index (χ2n) is 5.63. The zero-order valence-corrected chi connectivity index (χ0v) is 12.1. The van der Waals surface area contributed by atoms with Crippen LogP contribution in [0.3, 0.4) is 0 Å². The van der Waals surface area contributed by atoms with Crippen LogP contribution in [0.5, 0.6) is 0 Å². The largest absolute Gasteiger partial charge is 0.387 e. The van der Waals surface area contributed by atoms with Crippen molar-refractivity contribution in [3.8, 4) is 0 Å². The van der Waals surface area contributed by atoms with E-state index in [1.165, 1.54) is 0 Å². The maximum atomic E-state index is 11.8. The number of nitrogens with zero attached hydrogens (tertiary/aromatic N) is 1. The fourth-order valence-corrected chi connectivity index (χ4v) is 2.80. The highest BCUT2D eigenvalue weighted by Crippen LogP contribution is 2.20. The maximum Gasteiger partial charge on any atom is 0.239 e. The van der Waals surface area contributed by atoms with Crippen molar-refractivity contribution < 1.29 is 9.90 Å². The van der Waals surface area contributed by atoms with Crippen molar-refractivity contribution in [2.24, 2.45) is 0 Å². The molecule has 0 radical (unpaired) electrons. The normalized spacial score (nSPS) is 20.2. The van der Waals surface area contributed by atoms with Gasteiger partial charge in [-0.2, -0.15) is 0 Å². The SMILES string of the molecule is CN1CCC(NCC(O)c2ccc3ccccc3c2)C1=O. The van der Waals surface area contributed by atoms with Crippen molar-refractivity contribution in [2.45, 2.75) is 18.6 Å². The Kier molecular flexibility index (Phi) is 3.90. The van der Waals surface area contributed by atoms with E-state index in [0.717, 1.165) is 29.3 Å². The molecule has 2 unspecified atom stereocenters. The fraction of sp³-hybridized carbons (Fsp3) is 0.353. The predicted molar refractivity (Wildman–Crippen MR) is 83.0 cm³/mol. The lowest BCUT2D eigenvalue weighted by Gasteiger charge is -2.16. The highest BCUT2D eigenvalue weighted by atomic mass is 16.3. The van der Waals surface area contributed by atoms with Gasteiger partial charge in [-0.1, -0.05) is 36.4 Å². The van der Waals surface area contributed by atoms with Gasteiger partial charge in [0.2, 0.25) is 5.91 Å². The van der Waals surface area contributed by atoms with Crippen LogP contribution in [0, 0.1) is 0 Å². The Balaban J connectivity index is 1.66. The zero-order valence-electron chi connectivity index (χ0n) is 12.1. The van der Waals surface area contributed by atoms with Gasteiger partial charge in [0.25, 0.3) is 0 Å². The molecule has 1 fully saturated rings. The van der Waals surface area contributed by atoms with Crippen molar-refractivity contribution >= 4 is 16.7 Å². The van der Waals surface area contributed by atoms with E-state index < -0.39 is 6.10 Å². The van der Waals surface area contributed by atoms with Crippen molar-refractivity contribution in [1.29, 1.82) is 0 Å². The van der Waals surface area contributed by atoms with Crippen LogP contribution in [0.4, 0.5) is 0 Å². The van der Waals surface area contributed by atoms with E-state index in [-0.39, 0.29) is 11.9 Å². The summed E-state index contributed by atoms with van der Waals surface area (Å²) in [5, 5.41) is 15.7. The molecule has 0 bridgehead atoms. The summed E-state index contributed by atoms with van der Waals surface area (Å²) in [6.07, 6.45) is 0.202. The monoisotopic (exact) mass is 284 g/mol. The molecule has 4 heteroatoms. The number of hydrogen-bond acceptors (Lipinski definition) is 3. The average molecular weight is 284 g/mol. The molecule has 0 aromatic heterocycles. The number of benzene rings is 2. The molecule has 2 N–H and O–H groups in total. The Morgan fingerprint density at radius 2 is 2.05 bits per heavy atom. The summed E-state index contributed by atoms with van der Waals surface area (Å²) >= 11 is 0. The van der Waals surface area contributed by atoms with E-state index in [4.69, 9.17) is 0 Å². The van der Waals surface area contributed by atoms with Gasteiger partial charge in [0.1, 0.15) is 0 Å². The highest BCUT2D eigenvalue weighted by Gasteiger charge is 2.28. The molecular formula is C17H20N2O2. The van der Waals surface area contributed by atoms with Crippen molar-refractivity contribution in [1.82, 2.24) is 10.2 Å². The molecule has 21 heavy (non-hydrogen) atoms. The number of carbonyl (C=O) groups is 1. The summed E-state index contributed by atoms with van der Waals surface area (Å²) in [7, 11) is 1.81. The third kappa shape index (κ3) is 2.91. The number of fused-ring (bicyclic) bond motifs is 1. The van der Waals surface area contributed by atoms with Crippen LogP contribution in [0.1, 0.15) is 18.1 Å². The van der Waals surface area contributed by atoms with E-state index in [0.29, 0.717) is 6.54 Å². The Labute approximate surface area is 124 Å². The lowest BCUT2D eigenvalue weighted by Crippen LogP contribution is -2.38. The fourth-order valence-electron chi connectivity index (χ4n) is 2.80. The van der Waals surface area contributed by atoms with E-state index >= 15 is 0 Å². The Morgan fingerprint density at radius 1 is 1.29 bits per heavy atom. The number of hydrogen-bond donors (Lipinski definition) is 2. The first-order chi connectivity index (χ1) is 10.1. The van der Waals surface area contributed by atoms with Gasteiger partial charge >= 0.3 is 0 Å². The van der Waals surface area contributed by atoms with Gasteiger partial charge in [0.15, 0.2) is 0 Å². The molecule has 110 valence electrons. The van der Waals surface area contributed by atoms with E-state index in [2.05, 4.69) is 11.4 Å². The van der Waals surface area contributed by atoms with Crippen molar-refractivity contribution in [3.63, 3.8) is 0 Å². The lowest BCUT2D eigenvalue weighted by molar-refractivity contribution is -0.128. The van der Waals surface area contributed by atoms with Crippen LogP contribution in [0.15, 0.2) is 42.5 Å². The summed E-state index contributed by atoms with van der Waals surface area (Å²) in [6, 6.07) is 13.9. The van der Waals surface area contributed by atoms with Crippen LogP contribution in [0.2, 0.25) is 0 Å². The summed E-state index contributed by atoms with van der Waals surface area (Å²) in [4.78, 5) is 13.5. The number of likely N-dealkylation sites (N-methyl/N-ethyl adjacent to an activating group) is 1. The molecule has 1 heterocycles. The quantitative estimate of drug-likeness (QED) is 0.898. The van der Waals surface area contributed by atoms with Gasteiger partial charge in [-0.05, 0) is 28.8 Å². The molecule has 2 aromatic carbocycles. The Morgan fingerprint density at radius 3 is 2.76 bits per heavy atom. The molecule has 1 aliphatic heterocycles. The second kappa shape index (κ2) is 5.84. The van der Waals surface area contributed by atoms with Crippen LogP contribution in [-0.2, 0) is 4.79 Å². The first kappa shape index (κ1) is 14.0. The molecule has 1 aliphatic rings. The minimum absolute atomic E-state index is 0.112. The number of aliphatic hydroxyl groups is 1. The summed E-state index contributed by atoms with van der Waals surface area (Å²) in [5.74, 6) is 0.112. The molecule has 0 spiro atoms. The first-order valence-corrected chi connectivity index (χ1v) is 7.30. The molecule has 3 rings (SSSR count). The molecule has 2 atom stereocenters. The van der Waals surface area contributed by atoms with Gasteiger partial charge in [-0.3, -0.25) is 4.79 Å². The summed E-state index contributed by atoms with van der Waals surface area (Å²) < 4.78 is 0. The van der Waals surface area contributed by atoms with Crippen LogP contribution in [-0.4, -0.2) is 42.1 Å². The molecule has 1 amide bonds. The molecule has 0 saturated carbocycles. The minimum Gasteiger partial charge on any atom is -0.387 e. The van der Waals surface area contributed by atoms with Gasteiger partial charge in [0.05, 0.1) is 12.1 Å². The molecule has 4 nitrogen and oxygen atoms in total. The molecule has 2 aromatic rings. The standard InChI is InChI=1S/C17H20N2O2/c1-19-9-8-15(17(19)21)18-11-16(20)14-7-6-12-4-2-3-5-13(12)10-14/h2-7,10,15-16,18,20H,8-9,11H2,1H3. The molecule has 1 saturated heterocycles. The highest BCUT2D eigenvalue weighted by molar-refractivity contribution is 5.84. The lowest BCUT2D eigenvalue weighted by atomic mass is 10.0. The topological polar surface area (TPSA) is 52.6 Å². The van der Waals surface area contributed by atoms with Crippen LogP contribution in [0.25, 0.3) is 10.8 Å². The number of likely N-dealkylation sites (tertiary alicyclic amines) is 1. The van der Waals surface area contributed by atoms with Crippen molar-refractivity contribution in [2.75, 3.05) is 20.1 Å². The van der Waals surface area contributed by atoms with E-state index in [9.17, 15) is 9.90 Å². The Bertz CT molecular complexity index is 656. The van der Waals surface area contributed by atoms with Crippen molar-refractivity contribution in [3.05, 3.63) is 48.0 Å². The van der Waals surface area contributed by atoms with E-state index in [1.807, 2.05) is 43.4 Å². The number of rotatable bonds is 4. The van der Waals surface area contributed by atoms with Gasteiger partial charge < -0.3 is 15.3 Å². The smallest absolute Gasteiger partial charge is 0.239 e. The minimum atomic E-state index is -0.603. The van der Waals surface area contributed by atoms with Gasteiger partial charge in [-0.15, -0.1) is 0 Å². The molecule has 0 aliphatic carbocycles. The second-order valence-corrected chi connectivity index (χ2v) is 5.63. The number of aliphatic hydroxyl groups excluding tert-OH is 1. The molecular weight excluding hydrogens is 264 g/mol. The van der Waals surface area contributed by atoms with Crippen LogP contribution >= 0.6 is 0 Å². The van der Waals surface area contributed by atoms with Gasteiger partial charge in [-0.25, -0.2) is 0 Å². The van der Waals surface area contributed by atoms with Crippen LogP contribution < -0.4 is 5.32 Å². The van der Waals surface area contributed by atoms with Gasteiger partial charge in [0, 0.05) is 20.1 Å². The first-order valence-electron chi connectivity index (χ1n) is 7.30. The number of carbonyl (C=O) groups excluding carboxylic acids is 1. The number of nitrogens with one attached hydrogen (secondary N) is 1. The average Bonchev–Trinajstić information content (AvgIpc) is 2.84. The van der Waals surface area contributed by atoms with E-state index in [1.54, 1.807) is 4.90 Å². The summed E-state index contributed by atoms with van der Waals surface area (Å²) in [5.41, 5.74) is 0.875. The third-order valence-electron chi connectivity index (χ3n) is 4.14.